The highest BCUT2D eigenvalue weighted by Gasteiger charge is 2.33. The van der Waals surface area contributed by atoms with E-state index < -0.39 is 15.8 Å². The summed E-state index contributed by atoms with van der Waals surface area (Å²) in [5, 5.41) is 2.97. The summed E-state index contributed by atoms with van der Waals surface area (Å²) < 4.78 is 33.9. The molecular formula is C18H26N2O5S. The minimum atomic E-state index is -3.06. The molecule has 2 aliphatic heterocycles. The van der Waals surface area contributed by atoms with E-state index in [2.05, 4.69) is 10.2 Å². The van der Waals surface area contributed by atoms with Gasteiger partial charge in [-0.3, -0.25) is 9.69 Å². The summed E-state index contributed by atoms with van der Waals surface area (Å²) >= 11 is 0. The Bertz CT molecular complexity index is 714. The predicted octanol–water partition coefficient (Wildman–Crippen LogP) is 0.619. The number of nitrogens with one attached hydrogen (secondary N) is 1. The number of benzene rings is 1. The number of hydrogen-bond acceptors (Lipinski definition) is 6. The molecule has 1 aromatic carbocycles. The number of morpholine rings is 1. The second kappa shape index (κ2) is 8.37. The van der Waals surface area contributed by atoms with E-state index in [-0.39, 0.29) is 23.5 Å². The molecule has 0 radical (unpaired) electrons. The first-order chi connectivity index (χ1) is 12.5. The number of hydrogen-bond donors (Lipinski definition) is 1. The summed E-state index contributed by atoms with van der Waals surface area (Å²) in [7, 11) is -1.43. The van der Waals surface area contributed by atoms with E-state index in [1.165, 1.54) is 0 Å². The quantitative estimate of drug-likeness (QED) is 0.776. The Morgan fingerprint density at radius 2 is 2.00 bits per heavy atom. The monoisotopic (exact) mass is 382 g/mol. The molecule has 7 nitrogen and oxygen atoms in total. The van der Waals surface area contributed by atoms with Crippen LogP contribution in [0.1, 0.15) is 18.0 Å². The lowest BCUT2D eigenvalue weighted by Gasteiger charge is -2.35. The third-order valence-electron chi connectivity index (χ3n) is 5.06. The third-order valence-corrected chi connectivity index (χ3v) is 6.83. The van der Waals surface area contributed by atoms with E-state index in [1.54, 1.807) is 7.11 Å². The molecule has 0 unspecified atom stereocenters. The molecule has 0 aromatic heterocycles. The molecule has 2 fully saturated rings. The Labute approximate surface area is 154 Å². The van der Waals surface area contributed by atoms with Crippen molar-refractivity contribution in [3.05, 3.63) is 29.8 Å². The van der Waals surface area contributed by atoms with E-state index >= 15 is 0 Å². The molecule has 2 aliphatic rings. The summed E-state index contributed by atoms with van der Waals surface area (Å²) in [5.41, 5.74) is 1.09. The van der Waals surface area contributed by atoms with E-state index in [4.69, 9.17) is 9.47 Å². The minimum Gasteiger partial charge on any atom is -0.497 e. The number of nitrogens with zero attached hydrogens (tertiary/aromatic N) is 1. The second-order valence-corrected chi connectivity index (χ2v) is 9.01. The highest BCUT2D eigenvalue weighted by Crippen LogP contribution is 2.24. The van der Waals surface area contributed by atoms with Gasteiger partial charge >= 0.3 is 0 Å². The smallest absolute Gasteiger partial charge is 0.224 e. The van der Waals surface area contributed by atoms with Gasteiger partial charge in [-0.05, 0) is 24.1 Å². The Balaban J connectivity index is 1.67. The van der Waals surface area contributed by atoms with Gasteiger partial charge in [0.2, 0.25) is 5.91 Å². The van der Waals surface area contributed by atoms with Crippen LogP contribution in [-0.2, 0) is 19.4 Å². The predicted molar refractivity (Wildman–Crippen MR) is 97.9 cm³/mol. The van der Waals surface area contributed by atoms with Gasteiger partial charge in [-0.2, -0.15) is 0 Å². The molecule has 2 saturated heterocycles. The van der Waals surface area contributed by atoms with Crippen LogP contribution in [0, 0.1) is 5.92 Å². The molecule has 0 aliphatic carbocycles. The number of amides is 1. The largest absolute Gasteiger partial charge is 0.497 e. The second-order valence-electron chi connectivity index (χ2n) is 6.78. The Hall–Kier alpha value is -1.64. The summed E-state index contributed by atoms with van der Waals surface area (Å²) in [4.78, 5) is 14.7. The summed E-state index contributed by atoms with van der Waals surface area (Å²) in [6.07, 6.45) is 0.416. The van der Waals surface area contributed by atoms with Crippen LogP contribution in [0.3, 0.4) is 0 Å². The van der Waals surface area contributed by atoms with E-state index in [1.807, 2.05) is 24.3 Å². The van der Waals surface area contributed by atoms with Crippen LogP contribution >= 0.6 is 0 Å². The summed E-state index contributed by atoms with van der Waals surface area (Å²) in [5.74, 6) is 0.258. The van der Waals surface area contributed by atoms with Gasteiger partial charge in [0, 0.05) is 19.6 Å². The molecule has 26 heavy (non-hydrogen) atoms. The van der Waals surface area contributed by atoms with Crippen molar-refractivity contribution in [3.8, 4) is 5.75 Å². The van der Waals surface area contributed by atoms with Crippen LogP contribution in [0.5, 0.6) is 5.75 Å². The zero-order chi connectivity index (χ0) is 18.6. The number of methoxy groups -OCH3 is 1. The van der Waals surface area contributed by atoms with Crippen molar-refractivity contribution in [1.82, 2.24) is 10.2 Å². The zero-order valence-electron chi connectivity index (χ0n) is 15.0. The van der Waals surface area contributed by atoms with Crippen LogP contribution in [0.2, 0.25) is 0 Å². The maximum atomic E-state index is 12.4. The van der Waals surface area contributed by atoms with Crippen molar-refractivity contribution in [2.75, 3.05) is 51.5 Å². The standard InChI is InChI=1S/C18H26N2O5S/c1-24-16-4-2-14(3-5-16)17(20-7-9-25-10-8-20)12-19-18(21)15-6-11-26(22,23)13-15/h2-5,15,17H,6-13H2,1H3,(H,19,21)/t15-,17-/m1/s1. The van der Waals surface area contributed by atoms with E-state index in [0.717, 1.165) is 24.4 Å². The molecule has 1 N–H and O–H groups in total. The Morgan fingerprint density at radius 3 is 2.58 bits per heavy atom. The van der Waals surface area contributed by atoms with Crippen molar-refractivity contribution in [1.29, 1.82) is 0 Å². The molecule has 2 heterocycles. The lowest BCUT2D eigenvalue weighted by atomic mass is 10.0. The molecule has 8 heteroatoms. The van der Waals surface area contributed by atoms with E-state index in [9.17, 15) is 13.2 Å². The molecule has 1 aromatic rings. The fraction of sp³-hybridized carbons (Fsp3) is 0.611. The van der Waals surface area contributed by atoms with Gasteiger partial charge in [0.15, 0.2) is 9.84 Å². The molecule has 144 valence electrons. The van der Waals surface area contributed by atoms with Crippen LogP contribution in [0.25, 0.3) is 0 Å². The average molecular weight is 382 g/mol. The molecule has 2 atom stereocenters. The Kier molecular flexibility index (Phi) is 6.16. The first-order valence-corrected chi connectivity index (χ1v) is 10.7. The maximum Gasteiger partial charge on any atom is 0.224 e. The van der Waals surface area contributed by atoms with Crippen LogP contribution in [0.4, 0.5) is 0 Å². The maximum absolute atomic E-state index is 12.4. The van der Waals surface area contributed by atoms with Gasteiger partial charge in [-0.25, -0.2) is 8.42 Å². The molecule has 0 bridgehead atoms. The van der Waals surface area contributed by atoms with Crippen LogP contribution < -0.4 is 10.1 Å². The normalized spacial score (nSPS) is 24.1. The van der Waals surface area contributed by atoms with Crippen molar-refractivity contribution < 1.29 is 22.7 Å². The Morgan fingerprint density at radius 1 is 1.31 bits per heavy atom. The van der Waals surface area contributed by atoms with Gasteiger partial charge < -0.3 is 14.8 Å². The molecular weight excluding hydrogens is 356 g/mol. The minimum absolute atomic E-state index is 0.0202. The lowest BCUT2D eigenvalue weighted by Crippen LogP contribution is -2.44. The fourth-order valence-electron chi connectivity index (χ4n) is 3.52. The molecule has 0 saturated carbocycles. The summed E-state index contributed by atoms with van der Waals surface area (Å²) in [6, 6.07) is 7.85. The average Bonchev–Trinajstić information content (AvgIpc) is 3.03. The topological polar surface area (TPSA) is 84.9 Å². The van der Waals surface area contributed by atoms with Crippen LogP contribution in [0.15, 0.2) is 24.3 Å². The number of carbonyl (C=O) groups excluding carboxylic acids is 1. The SMILES string of the molecule is COc1ccc([C@@H](CNC(=O)[C@@H]2CCS(=O)(=O)C2)N2CCOCC2)cc1. The molecule has 1 amide bonds. The highest BCUT2D eigenvalue weighted by molar-refractivity contribution is 7.91. The van der Waals surface area contributed by atoms with Gasteiger partial charge in [0.25, 0.3) is 0 Å². The number of carbonyl (C=O) groups is 1. The first-order valence-electron chi connectivity index (χ1n) is 8.92. The molecule has 3 rings (SSSR count). The van der Waals surface area contributed by atoms with Gasteiger partial charge in [0.1, 0.15) is 5.75 Å². The van der Waals surface area contributed by atoms with Crippen molar-refractivity contribution >= 4 is 15.7 Å². The zero-order valence-corrected chi connectivity index (χ0v) is 15.8. The van der Waals surface area contributed by atoms with Crippen LogP contribution in [-0.4, -0.2) is 70.7 Å². The first kappa shape index (κ1) is 19.1. The van der Waals surface area contributed by atoms with Gasteiger partial charge in [-0.15, -0.1) is 0 Å². The number of ether oxygens (including phenoxy) is 2. The van der Waals surface area contributed by atoms with Gasteiger partial charge in [-0.1, -0.05) is 12.1 Å². The van der Waals surface area contributed by atoms with E-state index in [0.29, 0.717) is 26.2 Å². The van der Waals surface area contributed by atoms with Crippen molar-refractivity contribution in [2.24, 2.45) is 5.92 Å². The number of rotatable bonds is 6. The lowest BCUT2D eigenvalue weighted by molar-refractivity contribution is -0.124. The fourth-order valence-corrected chi connectivity index (χ4v) is 5.26. The highest BCUT2D eigenvalue weighted by atomic mass is 32.2. The van der Waals surface area contributed by atoms with Crippen molar-refractivity contribution in [2.45, 2.75) is 12.5 Å². The third kappa shape index (κ3) is 4.75. The number of sulfone groups is 1. The van der Waals surface area contributed by atoms with Crippen molar-refractivity contribution in [3.63, 3.8) is 0 Å². The summed E-state index contributed by atoms with van der Waals surface area (Å²) in [6.45, 7) is 3.37. The van der Waals surface area contributed by atoms with Gasteiger partial charge in [0.05, 0.1) is 43.8 Å². The molecule has 0 spiro atoms.